The van der Waals surface area contributed by atoms with E-state index in [1.807, 2.05) is 6.92 Å². The van der Waals surface area contributed by atoms with Crippen LogP contribution in [-0.2, 0) is 4.79 Å². The standard InChI is InChI=1S/C18H16ClFN2O3/c1-3-22-14-8-7-11(9-15(14)25-10(2)18(22)24)21-17(23)16-12(19)5-4-6-13(16)20/h4-10H,3H2,1-2H3,(H,21,23). The van der Waals surface area contributed by atoms with Crippen LogP contribution in [0.15, 0.2) is 36.4 Å². The number of nitrogens with one attached hydrogen (secondary N) is 1. The predicted octanol–water partition coefficient (Wildman–Crippen LogP) is 3.87. The zero-order chi connectivity index (χ0) is 18.1. The van der Waals surface area contributed by atoms with Crippen molar-refractivity contribution in [2.45, 2.75) is 20.0 Å². The van der Waals surface area contributed by atoms with Crippen molar-refractivity contribution in [1.29, 1.82) is 0 Å². The molecule has 1 aliphatic heterocycles. The van der Waals surface area contributed by atoms with Gasteiger partial charge in [0.1, 0.15) is 11.6 Å². The topological polar surface area (TPSA) is 58.6 Å². The minimum Gasteiger partial charge on any atom is -0.479 e. The van der Waals surface area contributed by atoms with Gasteiger partial charge in [0.05, 0.1) is 16.3 Å². The van der Waals surface area contributed by atoms with Gasteiger partial charge in [-0.15, -0.1) is 0 Å². The van der Waals surface area contributed by atoms with Crippen LogP contribution in [0.1, 0.15) is 24.2 Å². The van der Waals surface area contributed by atoms with Crippen LogP contribution in [0.2, 0.25) is 5.02 Å². The number of rotatable bonds is 3. The number of ether oxygens (including phenoxy) is 1. The van der Waals surface area contributed by atoms with Crippen LogP contribution >= 0.6 is 11.6 Å². The highest BCUT2D eigenvalue weighted by Gasteiger charge is 2.30. The lowest BCUT2D eigenvalue weighted by Gasteiger charge is -2.32. The molecule has 1 unspecified atom stereocenters. The molecule has 25 heavy (non-hydrogen) atoms. The number of hydrogen-bond donors (Lipinski definition) is 1. The molecule has 0 bridgehead atoms. The molecular weight excluding hydrogens is 347 g/mol. The maximum atomic E-state index is 13.9. The summed E-state index contributed by atoms with van der Waals surface area (Å²) in [4.78, 5) is 26.1. The van der Waals surface area contributed by atoms with E-state index in [9.17, 15) is 14.0 Å². The highest BCUT2D eigenvalue weighted by molar-refractivity contribution is 6.34. The van der Waals surface area contributed by atoms with Gasteiger partial charge in [-0.25, -0.2) is 4.39 Å². The third kappa shape index (κ3) is 3.17. The Kier molecular flexibility index (Phi) is 4.63. The molecule has 0 aromatic heterocycles. The summed E-state index contributed by atoms with van der Waals surface area (Å²) in [5, 5.41) is 2.63. The Hall–Kier alpha value is -2.60. The number of benzene rings is 2. The fourth-order valence-electron chi connectivity index (χ4n) is 2.72. The van der Waals surface area contributed by atoms with E-state index in [2.05, 4.69) is 5.32 Å². The van der Waals surface area contributed by atoms with Crippen molar-refractivity contribution < 1.29 is 18.7 Å². The summed E-state index contributed by atoms with van der Waals surface area (Å²) < 4.78 is 19.5. The fraction of sp³-hybridized carbons (Fsp3) is 0.222. The Bertz CT molecular complexity index is 836. The van der Waals surface area contributed by atoms with Crippen LogP contribution < -0.4 is 15.0 Å². The molecular formula is C18H16ClFN2O3. The van der Waals surface area contributed by atoms with Gasteiger partial charge in [-0.05, 0) is 38.1 Å². The highest BCUT2D eigenvalue weighted by atomic mass is 35.5. The molecule has 5 nitrogen and oxygen atoms in total. The molecule has 0 fully saturated rings. The number of carbonyl (C=O) groups excluding carboxylic acids is 2. The Morgan fingerprint density at radius 2 is 2.12 bits per heavy atom. The minimum absolute atomic E-state index is 0.0306. The molecule has 1 atom stereocenters. The second-order valence-corrected chi connectivity index (χ2v) is 5.98. The molecule has 1 aliphatic rings. The average molecular weight is 363 g/mol. The van der Waals surface area contributed by atoms with Crippen LogP contribution in [0.5, 0.6) is 5.75 Å². The SMILES string of the molecule is CCN1C(=O)C(C)Oc2cc(NC(=O)c3c(F)cccc3Cl)ccc21. The quantitative estimate of drug-likeness (QED) is 0.901. The predicted molar refractivity (Wildman–Crippen MR) is 93.9 cm³/mol. The number of likely N-dealkylation sites (N-methyl/N-ethyl adjacent to an activating group) is 1. The minimum atomic E-state index is -0.699. The lowest BCUT2D eigenvalue weighted by Crippen LogP contribution is -2.44. The molecule has 2 amide bonds. The summed E-state index contributed by atoms with van der Waals surface area (Å²) in [7, 11) is 0. The molecule has 0 saturated heterocycles. The molecule has 2 aromatic rings. The molecule has 0 saturated carbocycles. The van der Waals surface area contributed by atoms with Crippen molar-refractivity contribution in [3.8, 4) is 5.75 Å². The number of nitrogens with zero attached hydrogens (tertiary/aromatic N) is 1. The molecule has 130 valence electrons. The van der Waals surface area contributed by atoms with E-state index in [0.717, 1.165) is 0 Å². The van der Waals surface area contributed by atoms with Crippen molar-refractivity contribution >= 4 is 34.8 Å². The van der Waals surface area contributed by atoms with Gasteiger partial charge >= 0.3 is 0 Å². The van der Waals surface area contributed by atoms with Gasteiger partial charge in [-0.1, -0.05) is 17.7 Å². The van der Waals surface area contributed by atoms with Gasteiger partial charge in [0.2, 0.25) is 0 Å². The van der Waals surface area contributed by atoms with Crippen LogP contribution in [0.25, 0.3) is 0 Å². The van der Waals surface area contributed by atoms with Gasteiger partial charge in [0, 0.05) is 18.3 Å². The molecule has 0 spiro atoms. The van der Waals surface area contributed by atoms with E-state index in [1.165, 1.54) is 18.2 Å². The monoisotopic (exact) mass is 362 g/mol. The summed E-state index contributed by atoms with van der Waals surface area (Å²) in [5.74, 6) is -0.998. The number of hydrogen-bond acceptors (Lipinski definition) is 3. The number of halogens is 2. The van der Waals surface area contributed by atoms with E-state index in [4.69, 9.17) is 16.3 Å². The average Bonchev–Trinajstić information content (AvgIpc) is 2.56. The molecule has 2 aromatic carbocycles. The van der Waals surface area contributed by atoms with E-state index in [0.29, 0.717) is 23.7 Å². The summed E-state index contributed by atoms with van der Waals surface area (Å²) in [6.45, 7) is 4.05. The number of fused-ring (bicyclic) bond motifs is 1. The Morgan fingerprint density at radius 1 is 1.36 bits per heavy atom. The maximum Gasteiger partial charge on any atom is 0.267 e. The number of carbonyl (C=O) groups is 2. The van der Waals surface area contributed by atoms with Gasteiger partial charge < -0.3 is 15.0 Å². The summed E-state index contributed by atoms with van der Waals surface area (Å²) in [6, 6.07) is 8.96. The van der Waals surface area contributed by atoms with Crippen molar-refractivity contribution in [2.75, 3.05) is 16.8 Å². The van der Waals surface area contributed by atoms with Crippen molar-refractivity contribution in [3.63, 3.8) is 0 Å². The van der Waals surface area contributed by atoms with Crippen molar-refractivity contribution in [1.82, 2.24) is 0 Å². The fourth-order valence-corrected chi connectivity index (χ4v) is 2.97. The third-order valence-corrected chi connectivity index (χ3v) is 4.25. The second kappa shape index (κ2) is 6.72. The molecule has 0 radical (unpaired) electrons. The molecule has 1 heterocycles. The van der Waals surface area contributed by atoms with Crippen LogP contribution in [0.4, 0.5) is 15.8 Å². The van der Waals surface area contributed by atoms with Gasteiger partial charge in [-0.2, -0.15) is 0 Å². The summed E-state index contributed by atoms with van der Waals surface area (Å²) >= 11 is 5.91. The molecule has 1 N–H and O–H groups in total. The van der Waals surface area contributed by atoms with Gasteiger partial charge in [0.25, 0.3) is 11.8 Å². The van der Waals surface area contributed by atoms with Crippen LogP contribution in [0.3, 0.4) is 0 Å². The first-order valence-corrected chi connectivity index (χ1v) is 8.17. The van der Waals surface area contributed by atoms with Crippen LogP contribution in [0, 0.1) is 5.82 Å². The van der Waals surface area contributed by atoms with E-state index in [-0.39, 0.29) is 16.5 Å². The van der Waals surface area contributed by atoms with E-state index < -0.39 is 17.8 Å². The van der Waals surface area contributed by atoms with Crippen molar-refractivity contribution in [3.05, 3.63) is 52.8 Å². The van der Waals surface area contributed by atoms with E-state index in [1.54, 1.807) is 30.0 Å². The van der Waals surface area contributed by atoms with Crippen molar-refractivity contribution in [2.24, 2.45) is 0 Å². The van der Waals surface area contributed by atoms with Gasteiger partial charge in [0.15, 0.2) is 6.10 Å². The third-order valence-electron chi connectivity index (χ3n) is 3.93. The van der Waals surface area contributed by atoms with Gasteiger partial charge in [-0.3, -0.25) is 9.59 Å². The summed E-state index contributed by atoms with van der Waals surface area (Å²) in [6.07, 6.45) is -0.612. The smallest absolute Gasteiger partial charge is 0.267 e. The molecule has 3 rings (SSSR count). The largest absolute Gasteiger partial charge is 0.479 e. The number of anilines is 2. The Balaban J connectivity index is 1.89. The zero-order valence-corrected chi connectivity index (χ0v) is 14.4. The normalized spacial score (nSPS) is 16.2. The first-order valence-electron chi connectivity index (χ1n) is 7.79. The molecule has 0 aliphatic carbocycles. The van der Waals surface area contributed by atoms with E-state index >= 15 is 0 Å². The summed E-state index contributed by atoms with van der Waals surface area (Å²) in [5.41, 5.74) is 0.828. The first kappa shape index (κ1) is 17.2. The zero-order valence-electron chi connectivity index (χ0n) is 13.7. The lowest BCUT2D eigenvalue weighted by molar-refractivity contribution is -0.125. The Morgan fingerprint density at radius 3 is 2.80 bits per heavy atom. The second-order valence-electron chi connectivity index (χ2n) is 5.58. The number of amides is 2. The van der Waals surface area contributed by atoms with Crippen LogP contribution in [-0.4, -0.2) is 24.5 Å². The first-order chi connectivity index (χ1) is 11.9. The lowest BCUT2D eigenvalue weighted by atomic mass is 10.1. The molecule has 7 heteroatoms. The maximum absolute atomic E-state index is 13.9. The highest BCUT2D eigenvalue weighted by Crippen LogP contribution is 2.36. The Labute approximate surface area is 149 Å².